The third-order valence-electron chi connectivity index (χ3n) is 15.6. The Kier molecular flexibility index (Phi) is 30.4. The first-order valence-electron chi connectivity index (χ1n) is 32.1. The van der Waals surface area contributed by atoms with E-state index in [1.807, 2.05) is 146 Å². The fourth-order valence-electron chi connectivity index (χ4n) is 9.55. The highest BCUT2D eigenvalue weighted by Crippen LogP contribution is 2.30. The van der Waals surface area contributed by atoms with Gasteiger partial charge in [0.2, 0.25) is 0 Å². The topological polar surface area (TPSA) is 114 Å². The van der Waals surface area contributed by atoms with Crippen molar-refractivity contribution < 1.29 is 38.0 Å². The molecule has 0 aliphatic heterocycles. The molecule has 466 valence electrons. The number of ether oxygens (including phenoxy) is 6. The van der Waals surface area contributed by atoms with Crippen molar-refractivity contribution >= 4 is 67.6 Å². The van der Waals surface area contributed by atoms with Gasteiger partial charge in [0.15, 0.2) is 0 Å². The van der Waals surface area contributed by atoms with E-state index in [9.17, 15) is 9.59 Å². The maximum Gasteiger partial charge on any atom is 0.338 e. The first-order chi connectivity index (χ1) is 43.0. The Morgan fingerprint density at radius 3 is 0.989 bits per heavy atom. The van der Waals surface area contributed by atoms with Gasteiger partial charge in [-0.1, -0.05) is 166 Å². The van der Waals surface area contributed by atoms with Crippen molar-refractivity contribution in [2.45, 2.75) is 143 Å². The first kappa shape index (κ1) is 68.5. The minimum Gasteiger partial charge on any atom is -0.494 e. The van der Waals surface area contributed by atoms with E-state index in [4.69, 9.17) is 38.4 Å². The van der Waals surface area contributed by atoms with Crippen LogP contribution in [0.25, 0.3) is 22.3 Å². The van der Waals surface area contributed by atoms with Crippen molar-refractivity contribution in [1.29, 1.82) is 0 Å². The van der Waals surface area contributed by atoms with Gasteiger partial charge in [-0.25, -0.2) is 9.59 Å². The van der Waals surface area contributed by atoms with Crippen LogP contribution in [0.1, 0.15) is 175 Å². The molecule has 2 atom stereocenters. The zero-order valence-electron chi connectivity index (χ0n) is 52.2. The maximum absolute atomic E-state index is 12.4. The highest BCUT2D eigenvalue weighted by atomic mass is 79.9. The van der Waals surface area contributed by atoms with E-state index in [0.29, 0.717) is 49.4 Å². The SMILES string of the molecule is CC[C@H](C)COC(=O)c1ccc(-c2ccc(OCCCCCCCCCCOc3ccc(C=Nc4ccc(N=Cc5ccc(OCCCCCCCCCCOc6ccc(-c7ccc(C(=O)OC[C@@H](C)CC)cc7)cc6)c(Br)c5)cc4)cc3Br)cc2)cc1. The molecule has 0 amide bonds. The van der Waals surface area contributed by atoms with Crippen molar-refractivity contribution in [2.75, 3.05) is 39.6 Å². The molecule has 7 rings (SSSR count). The number of halogens is 2. The lowest BCUT2D eigenvalue weighted by Crippen LogP contribution is -2.11. The Morgan fingerprint density at radius 2 is 0.682 bits per heavy atom. The quantitative estimate of drug-likeness (QED) is 0.0212. The minimum absolute atomic E-state index is 0.271. The van der Waals surface area contributed by atoms with Crippen LogP contribution >= 0.6 is 31.9 Å². The predicted octanol–water partition coefficient (Wildman–Crippen LogP) is 21.6. The van der Waals surface area contributed by atoms with Gasteiger partial charge in [-0.15, -0.1) is 0 Å². The molecule has 10 nitrogen and oxygen atoms in total. The average Bonchev–Trinajstić information content (AvgIpc) is 3.76. The van der Waals surface area contributed by atoms with E-state index in [1.54, 1.807) is 0 Å². The first-order valence-corrected chi connectivity index (χ1v) is 33.7. The summed E-state index contributed by atoms with van der Waals surface area (Å²) in [6, 6.07) is 51.6. The lowest BCUT2D eigenvalue weighted by molar-refractivity contribution is 0.0438. The summed E-state index contributed by atoms with van der Waals surface area (Å²) >= 11 is 7.40. The summed E-state index contributed by atoms with van der Waals surface area (Å²) in [6.07, 6.45) is 24.3. The Morgan fingerprint density at radius 1 is 0.386 bits per heavy atom. The molecular weight excluding hydrogens is 1230 g/mol. The number of aliphatic imine (C=N–C) groups is 2. The fraction of sp³-hybridized carbons (Fsp3) is 0.395. The van der Waals surface area contributed by atoms with E-state index in [-0.39, 0.29) is 11.9 Å². The summed E-state index contributed by atoms with van der Waals surface area (Å²) in [5, 5.41) is 0. The van der Waals surface area contributed by atoms with Crippen LogP contribution in [-0.4, -0.2) is 64.0 Å². The average molecular weight is 1320 g/mol. The molecule has 0 saturated carbocycles. The van der Waals surface area contributed by atoms with E-state index < -0.39 is 0 Å². The summed E-state index contributed by atoms with van der Waals surface area (Å²) in [4.78, 5) is 34.1. The summed E-state index contributed by atoms with van der Waals surface area (Å²) in [6.45, 7) is 12.1. The number of esters is 2. The molecule has 0 fully saturated rings. The van der Waals surface area contributed by atoms with Gasteiger partial charge in [0.05, 0.1) is 71.1 Å². The molecule has 0 radical (unpaired) electrons. The summed E-state index contributed by atoms with van der Waals surface area (Å²) < 4.78 is 37.0. The van der Waals surface area contributed by atoms with E-state index in [2.05, 4.69) is 83.8 Å². The number of hydrogen-bond acceptors (Lipinski definition) is 10. The van der Waals surface area contributed by atoms with Gasteiger partial charge in [0, 0.05) is 12.4 Å². The number of carbonyl (C=O) groups excluding carboxylic acids is 2. The maximum atomic E-state index is 12.4. The number of benzene rings is 7. The third-order valence-corrected chi connectivity index (χ3v) is 16.9. The van der Waals surface area contributed by atoms with Crippen LogP contribution in [0.15, 0.2) is 177 Å². The van der Waals surface area contributed by atoms with Crippen LogP contribution in [0.4, 0.5) is 11.4 Å². The zero-order valence-corrected chi connectivity index (χ0v) is 55.4. The fourth-order valence-corrected chi connectivity index (χ4v) is 10.6. The molecule has 0 aliphatic rings. The van der Waals surface area contributed by atoms with Crippen molar-refractivity contribution in [2.24, 2.45) is 21.8 Å². The number of nitrogens with zero attached hydrogens (tertiary/aromatic N) is 2. The molecule has 88 heavy (non-hydrogen) atoms. The molecule has 0 unspecified atom stereocenters. The molecule has 0 aliphatic carbocycles. The van der Waals surface area contributed by atoms with E-state index >= 15 is 0 Å². The van der Waals surface area contributed by atoms with Crippen LogP contribution in [0.5, 0.6) is 23.0 Å². The van der Waals surface area contributed by atoms with Gasteiger partial charge in [0.1, 0.15) is 23.0 Å². The van der Waals surface area contributed by atoms with Crippen molar-refractivity contribution in [1.82, 2.24) is 0 Å². The zero-order chi connectivity index (χ0) is 62.0. The van der Waals surface area contributed by atoms with E-state index in [1.165, 1.54) is 64.2 Å². The Hall–Kier alpha value is -7.02. The van der Waals surface area contributed by atoms with Crippen molar-refractivity contribution in [3.63, 3.8) is 0 Å². The largest absolute Gasteiger partial charge is 0.494 e. The monoisotopic (exact) mass is 1320 g/mol. The Bertz CT molecular complexity index is 2990. The van der Waals surface area contributed by atoms with Crippen LogP contribution in [0.2, 0.25) is 0 Å². The van der Waals surface area contributed by atoms with Crippen molar-refractivity contribution in [3.8, 4) is 45.3 Å². The van der Waals surface area contributed by atoms with E-state index in [0.717, 1.165) is 141 Å². The lowest BCUT2D eigenvalue weighted by atomic mass is 10.0. The number of unbranched alkanes of at least 4 members (excludes halogenated alkanes) is 14. The van der Waals surface area contributed by atoms with Gasteiger partial charge < -0.3 is 28.4 Å². The standard InChI is InChI=1S/C76H90Br2N2O8/c1-5-57(3)55-87-75(81)65-29-25-61(26-30-65)63-33-41-69(42-34-63)83-47-19-15-11-7-9-13-17-21-49-85-73-45-23-59(51-71(73)77)53-79-67-37-39-68(40-38-67)80-54-60-24-46-74(72(78)52-60)86-50-22-18-14-10-8-12-16-20-48-84-70-43-35-64(36-44-70)62-27-31-66(32-28-62)76(82)88-56-58(4)6-2/h23-46,51-54,57-58H,5-22,47-50,55-56H2,1-4H3/t57-,58-/m0/s1. The molecule has 0 spiro atoms. The smallest absolute Gasteiger partial charge is 0.338 e. The van der Waals surface area contributed by atoms with Crippen molar-refractivity contribution in [3.05, 3.63) is 189 Å². The lowest BCUT2D eigenvalue weighted by Gasteiger charge is -2.10. The molecule has 0 bridgehead atoms. The van der Waals surface area contributed by atoms with Crippen LogP contribution < -0.4 is 18.9 Å². The Balaban J connectivity index is 0.663. The summed E-state index contributed by atoms with van der Waals surface area (Å²) in [7, 11) is 0. The highest BCUT2D eigenvalue weighted by molar-refractivity contribution is 9.11. The molecule has 0 aromatic heterocycles. The molecule has 12 heteroatoms. The molecule has 0 saturated heterocycles. The van der Waals surface area contributed by atoms with Gasteiger partial charge in [-0.2, -0.15) is 0 Å². The Labute approximate surface area is 541 Å². The molecule has 0 heterocycles. The van der Waals surface area contributed by atoms with Gasteiger partial charge >= 0.3 is 11.9 Å². The van der Waals surface area contributed by atoms with Crippen LogP contribution in [0, 0.1) is 11.8 Å². The minimum atomic E-state index is -0.271. The normalized spacial score (nSPS) is 12.1. The highest BCUT2D eigenvalue weighted by Gasteiger charge is 2.13. The number of rotatable bonds is 40. The summed E-state index contributed by atoms with van der Waals surface area (Å²) in [5.41, 5.74) is 9.10. The van der Waals surface area contributed by atoms with Gasteiger partial charge in [-0.3, -0.25) is 9.98 Å². The van der Waals surface area contributed by atoms with Crippen LogP contribution in [0.3, 0.4) is 0 Å². The molecule has 0 N–H and O–H groups in total. The number of carbonyl (C=O) groups is 2. The van der Waals surface area contributed by atoms with Gasteiger partial charge in [0.25, 0.3) is 0 Å². The molecule has 7 aromatic rings. The molecular formula is C76H90Br2N2O8. The van der Waals surface area contributed by atoms with Gasteiger partial charge in [-0.05, 0) is 212 Å². The molecule has 7 aromatic carbocycles. The second kappa shape index (κ2) is 39.1. The summed E-state index contributed by atoms with van der Waals surface area (Å²) in [5.74, 6) is 3.63. The van der Waals surface area contributed by atoms with Crippen LogP contribution in [-0.2, 0) is 9.47 Å². The second-order valence-corrected chi connectivity index (χ2v) is 24.6. The second-order valence-electron chi connectivity index (χ2n) is 22.9. The number of hydrogen-bond donors (Lipinski definition) is 0. The predicted molar refractivity (Wildman–Crippen MR) is 368 cm³/mol. The third kappa shape index (κ3) is 24.9.